The molecule has 0 fully saturated rings. The van der Waals surface area contributed by atoms with Crippen molar-refractivity contribution in [3.8, 4) is 27.6 Å². The second kappa shape index (κ2) is 8.23. The number of nitrogens with one attached hydrogen (secondary N) is 1. The van der Waals surface area contributed by atoms with Crippen LogP contribution in [0.3, 0.4) is 0 Å². The Morgan fingerprint density at radius 2 is 1.90 bits per heavy atom. The van der Waals surface area contributed by atoms with Gasteiger partial charge in [0.1, 0.15) is 10.8 Å². The van der Waals surface area contributed by atoms with E-state index in [9.17, 15) is 26.7 Å². The molecule has 0 amide bonds. The SMILES string of the molecule is CC(C)Cc1cc(-c2nc(-c3ccc(NS(=O)(=O)C(F)(F)F)c(O)c3)cs2)ccn1. The van der Waals surface area contributed by atoms with Gasteiger partial charge in [0, 0.05) is 28.4 Å². The summed E-state index contributed by atoms with van der Waals surface area (Å²) in [4.78, 5) is 8.86. The molecule has 2 heterocycles. The zero-order valence-electron chi connectivity index (χ0n) is 15.9. The van der Waals surface area contributed by atoms with Crippen LogP contribution in [-0.2, 0) is 16.4 Å². The number of alkyl halides is 3. The van der Waals surface area contributed by atoms with Crippen LogP contribution in [-0.4, -0.2) is 29.0 Å². The predicted molar refractivity (Wildman–Crippen MR) is 110 cm³/mol. The quantitative estimate of drug-likeness (QED) is 0.506. The third kappa shape index (κ3) is 4.90. The predicted octanol–water partition coefficient (Wildman–Crippen LogP) is 5.04. The van der Waals surface area contributed by atoms with Gasteiger partial charge in [0.15, 0.2) is 0 Å². The lowest BCUT2D eigenvalue weighted by Gasteiger charge is -2.12. The van der Waals surface area contributed by atoms with Crippen LogP contribution in [0.15, 0.2) is 41.9 Å². The summed E-state index contributed by atoms with van der Waals surface area (Å²) < 4.78 is 61.3. The second-order valence-electron chi connectivity index (χ2n) is 6.95. The van der Waals surface area contributed by atoms with E-state index < -0.39 is 27.0 Å². The number of aromatic hydroxyl groups is 1. The number of phenols is 1. The Balaban J connectivity index is 1.85. The highest BCUT2D eigenvalue weighted by molar-refractivity contribution is 7.93. The van der Waals surface area contributed by atoms with Crippen molar-refractivity contribution in [2.75, 3.05) is 4.72 Å². The summed E-state index contributed by atoms with van der Waals surface area (Å²) in [5, 5.41) is 12.5. The molecule has 6 nitrogen and oxygen atoms in total. The molecule has 0 unspecified atom stereocenters. The molecule has 0 aliphatic rings. The number of nitrogens with zero attached hydrogens (tertiary/aromatic N) is 2. The average molecular weight is 457 g/mol. The van der Waals surface area contributed by atoms with Crippen LogP contribution >= 0.6 is 11.3 Å². The Hall–Kier alpha value is -2.66. The minimum Gasteiger partial charge on any atom is -0.506 e. The average Bonchev–Trinajstić information content (AvgIpc) is 3.12. The molecule has 0 spiro atoms. The Bertz CT molecular complexity index is 1160. The minimum absolute atomic E-state index is 0.432. The van der Waals surface area contributed by atoms with E-state index >= 15 is 0 Å². The molecule has 0 aliphatic carbocycles. The maximum atomic E-state index is 12.5. The number of sulfonamides is 1. The molecule has 160 valence electrons. The summed E-state index contributed by atoms with van der Waals surface area (Å²) in [6.45, 7) is 4.20. The van der Waals surface area contributed by atoms with Crippen molar-refractivity contribution in [3.63, 3.8) is 0 Å². The Morgan fingerprint density at radius 3 is 2.53 bits per heavy atom. The van der Waals surface area contributed by atoms with Crippen molar-refractivity contribution in [1.29, 1.82) is 0 Å². The Kier molecular flexibility index (Phi) is 6.04. The van der Waals surface area contributed by atoms with Crippen LogP contribution in [0.2, 0.25) is 0 Å². The molecule has 11 heteroatoms. The number of pyridine rings is 1. The van der Waals surface area contributed by atoms with Gasteiger partial charge in [0.2, 0.25) is 0 Å². The molecule has 3 aromatic rings. The van der Waals surface area contributed by atoms with Gasteiger partial charge in [0.25, 0.3) is 0 Å². The monoisotopic (exact) mass is 457 g/mol. The van der Waals surface area contributed by atoms with Crippen molar-refractivity contribution < 1.29 is 26.7 Å². The van der Waals surface area contributed by atoms with Crippen LogP contribution in [0, 0.1) is 5.92 Å². The van der Waals surface area contributed by atoms with Gasteiger partial charge in [-0.05, 0) is 36.6 Å². The molecule has 0 bridgehead atoms. The molecule has 0 saturated heterocycles. The zero-order valence-corrected chi connectivity index (χ0v) is 17.6. The molecule has 30 heavy (non-hydrogen) atoms. The lowest BCUT2D eigenvalue weighted by atomic mass is 10.1. The maximum absolute atomic E-state index is 12.5. The first-order valence-electron chi connectivity index (χ1n) is 8.79. The summed E-state index contributed by atoms with van der Waals surface area (Å²) in [5.74, 6) is -0.186. The lowest BCUT2D eigenvalue weighted by Crippen LogP contribution is -2.29. The number of anilines is 1. The Labute approximate surface area is 175 Å². The highest BCUT2D eigenvalue weighted by Gasteiger charge is 2.46. The molecule has 0 aliphatic heterocycles. The highest BCUT2D eigenvalue weighted by atomic mass is 32.2. The standard InChI is InChI=1S/C19H18F3N3O3S2/c1-11(2)7-14-8-13(5-6-23-14)18-24-16(10-29-18)12-3-4-15(17(26)9-12)25-30(27,28)19(20,21)22/h3-6,8-11,25-26H,7H2,1-2H3. The number of hydrogen-bond donors (Lipinski definition) is 2. The van der Waals surface area contributed by atoms with Crippen LogP contribution in [0.1, 0.15) is 19.5 Å². The second-order valence-corrected chi connectivity index (χ2v) is 9.49. The van der Waals surface area contributed by atoms with Gasteiger partial charge in [0.05, 0.1) is 11.4 Å². The van der Waals surface area contributed by atoms with Gasteiger partial charge in [-0.25, -0.2) is 4.98 Å². The van der Waals surface area contributed by atoms with E-state index in [2.05, 4.69) is 23.8 Å². The summed E-state index contributed by atoms with van der Waals surface area (Å²) >= 11 is 1.37. The topological polar surface area (TPSA) is 92.2 Å². The van der Waals surface area contributed by atoms with Crippen molar-refractivity contribution in [2.24, 2.45) is 5.92 Å². The van der Waals surface area contributed by atoms with Gasteiger partial charge in [-0.1, -0.05) is 19.9 Å². The van der Waals surface area contributed by atoms with Gasteiger partial charge in [-0.15, -0.1) is 11.3 Å². The highest BCUT2D eigenvalue weighted by Crippen LogP contribution is 2.35. The molecule has 0 saturated carbocycles. The molecular weight excluding hydrogens is 439 g/mol. The summed E-state index contributed by atoms with van der Waals surface area (Å²) in [6, 6.07) is 7.38. The fraction of sp³-hybridized carbons (Fsp3) is 0.263. The minimum atomic E-state index is -5.63. The number of aromatic nitrogens is 2. The number of thiazole rings is 1. The number of rotatable bonds is 6. The zero-order chi connectivity index (χ0) is 22.1. The van der Waals surface area contributed by atoms with Crippen LogP contribution in [0.5, 0.6) is 5.75 Å². The first-order valence-corrected chi connectivity index (χ1v) is 11.2. The number of halogens is 3. The molecule has 0 radical (unpaired) electrons. The fourth-order valence-corrected chi connectivity index (χ4v) is 4.06. The van der Waals surface area contributed by atoms with E-state index in [1.165, 1.54) is 22.1 Å². The molecule has 1 aromatic carbocycles. The van der Waals surface area contributed by atoms with E-state index in [1.54, 1.807) is 11.6 Å². The number of phenolic OH excluding ortho intramolecular Hbond substituents is 1. The number of hydrogen-bond acceptors (Lipinski definition) is 6. The maximum Gasteiger partial charge on any atom is 0.516 e. The molecule has 2 N–H and O–H groups in total. The number of benzene rings is 1. The first kappa shape index (κ1) is 22.0. The van der Waals surface area contributed by atoms with Crippen molar-refractivity contribution >= 4 is 27.0 Å². The fourth-order valence-electron chi connectivity index (χ4n) is 2.66. The lowest BCUT2D eigenvalue weighted by molar-refractivity contribution is -0.0429. The molecule has 3 rings (SSSR count). The van der Waals surface area contributed by atoms with E-state index in [0.717, 1.165) is 34.8 Å². The van der Waals surface area contributed by atoms with Crippen LogP contribution in [0.25, 0.3) is 21.8 Å². The molecular formula is C19H18F3N3O3S2. The summed E-state index contributed by atoms with van der Waals surface area (Å²) in [7, 11) is -5.63. The van der Waals surface area contributed by atoms with Gasteiger partial charge in [-0.2, -0.15) is 21.6 Å². The first-order chi connectivity index (χ1) is 14.0. The molecule has 0 atom stereocenters. The van der Waals surface area contributed by atoms with Gasteiger partial charge in [-0.3, -0.25) is 9.71 Å². The van der Waals surface area contributed by atoms with E-state index in [1.807, 2.05) is 12.1 Å². The Morgan fingerprint density at radius 1 is 1.17 bits per heavy atom. The van der Waals surface area contributed by atoms with E-state index in [-0.39, 0.29) is 0 Å². The van der Waals surface area contributed by atoms with E-state index in [0.29, 0.717) is 17.2 Å². The van der Waals surface area contributed by atoms with Crippen LogP contribution in [0.4, 0.5) is 18.9 Å². The largest absolute Gasteiger partial charge is 0.516 e. The van der Waals surface area contributed by atoms with Crippen molar-refractivity contribution in [2.45, 2.75) is 25.8 Å². The summed E-state index contributed by atoms with van der Waals surface area (Å²) in [5.41, 5.74) is -3.30. The van der Waals surface area contributed by atoms with Gasteiger partial charge < -0.3 is 5.11 Å². The van der Waals surface area contributed by atoms with Gasteiger partial charge >= 0.3 is 15.5 Å². The van der Waals surface area contributed by atoms with Crippen molar-refractivity contribution in [1.82, 2.24) is 9.97 Å². The third-order valence-electron chi connectivity index (χ3n) is 4.03. The normalized spacial score (nSPS) is 12.3. The van der Waals surface area contributed by atoms with Crippen LogP contribution < -0.4 is 4.72 Å². The van der Waals surface area contributed by atoms with E-state index in [4.69, 9.17) is 0 Å². The van der Waals surface area contributed by atoms with Crippen molar-refractivity contribution in [3.05, 3.63) is 47.6 Å². The summed E-state index contributed by atoms with van der Waals surface area (Å²) in [6.07, 6.45) is 2.54. The third-order valence-corrected chi connectivity index (χ3v) is 6.02. The molecule has 2 aromatic heterocycles. The smallest absolute Gasteiger partial charge is 0.506 e.